The molecule has 2 aliphatic rings. The molecule has 0 aromatic carbocycles. The highest BCUT2D eigenvalue weighted by Crippen LogP contribution is 2.37. The van der Waals surface area contributed by atoms with Crippen LogP contribution < -0.4 is 5.32 Å². The third-order valence-corrected chi connectivity index (χ3v) is 5.12. The normalized spacial score (nSPS) is 42.4. The van der Waals surface area contributed by atoms with E-state index in [0.29, 0.717) is 5.41 Å². The molecule has 1 heteroatoms. The fourth-order valence-electron chi connectivity index (χ4n) is 4.17. The number of hydrogen-bond acceptors (Lipinski definition) is 1. The van der Waals surface area contributed by atoms with Crippen molar-refractivity contribution in [1.82, 2.24) is 5.32 Å². The fourth-order valence-corrected chi connectivity index (χ4v) is 4.17. The minimum Gasteiger partial charge on any atom is -0.311 e. The fraction of sp³-hybridized carbons (Fsp3) is 1.00. The molecule has 0 aromatic heterocycles. The van der Waals surface area contributed by atoms with Crippen LogP contribution in [0.4, 0.5) is 0 Å². The first kappa shape index (κ1) is 13.4. The second-order valence-corrected chi connectivity index (χ2v) is 7.57. The molecule has 0 heterocycles. The second kappa shape index (κ2) is 5.30. The average Bonchev–Trinajstić information content (AvgIpc) is 2.19. The third-order valence-electron chi connectivity index (χ3n) is 5.12. The minimum absolute atomic E-state index is 0.516. The van der Waals surface area contributed by atoms with Crippen LogP contribution in [0.15, 0.2) is 0 Å². The largest absolute Gasteiger partial charge is 0.311 e. The van der Waals surface area contributed by atoms with Crippen LogP contribution in [0.3, 0.4) is 0 Å². The third kappa shape index (κ3) is 3.47. The van der Waals surface area contributed by atoms with Gasteiger partial charge in [0, 0.05) is 12.1 Å². The number of nitrogens with one attached hydrogen (secondary N) is 1. The lowest BCUT2D eigenvalue weighted by Crippen LogP contribution is -2.50. The highest BCUT2D eigenvalue weighted by atomic mass is 15.0. The van der Waals surface area contributed by atoms with E-state index in [2.05, 4.69) is 33.0 Å². The summed E-state index contributed by atoms with van der Waals surface area (Å²) in [5, 5.41) is 4.01. The molecule has 0 aliphatic heterocycles. The Morgan fingerprint density at radius 1 is 0.941 bits per heavy atom. The van der Waals surface area contributed by atoms with Crippen LogP contribution in [-0.2, 0) is 0 Å². The summed E-state index contributed by atoms with van der Waals surface area (Å²) >= 11 is 0. The smallest absolute Gasteiger partial charge is 0.0121 e. The molecule has 2 rings (SSSR count). The summed E-state index contributed by atoms with van der Waals surface area (Å²) in [5.41, 5.74) is 0.516. The Labute approximate surface area is 108 Å². The van der Waals surface area contributed by atoms with Crippen LogP contribution in [0.25, 0.3) is 0 Å². The molecule has 3 unspecified atom stereocenters. The standard InChI is InChI=1S/C16H31N/c1-12-9-13(2)11-14(10-12)17-15-7-5-6-8-16(15,3)4/h12-15,17H,5-11H2,1-4H3. The zero-order chi connectivity index (χ0) is 12.5. The van der Waals surface area contributed by atoms with Crippen molar-refractivity contribution in [2.45, 2.75) is 84.7 Å². The van der Waals surface area contributed by atoms with Crippen molar-refractivity contribution in [3.05, 3.63) is 0 Å². The first-order valence-corrected chi connectivity index (χ1v) is 7.73. The highest BCUT2D eigenvalue weighted by molar-refractivity contribution is 4.91. The second-order valence-electron chi connectivity index (χ2n) is 7.57. The monoisotopic (exact) mass is 237 g/mol. The Kier molecular flexibility index (Phi) is 4.18. The Morgan fingerprint density at radius 3 is 2.18 bits per heavy atom. The van der Waals surface area contributed by atoms with Crippen LogP contribution in [0.5, 0.6) is 0 Å². The summed E-state index contributed by atoms with van der Waals surface area (Å²) < 4.78 is 0. The highest BCUT2D eigenvalue weighted by Gasteiger charge is 2.34. The van der Waals surface area contributed by atoms with Gasteiger partial charge in [0.25, 0.3) is 0 Å². The quantitative estimate of drug-likeness (QED) is 0.752. The van der Waals surface area contributed by atoms with Crippen molar-refractivity contribution in [3.8, 4) is 0 Å². The van der Waals surface area contributed by atoms with Crippen LogP contribution in [-0.4, -0.2) is 12.1 Å². The van der Waals surface area contributed by atoms with Crippen molar-refractivity contribution < 1.29 is 0 Å². The van der Waals surface area contributed by atoms with Crippen LogP contribution in [0.2, 0.25) is 0 Å². The van der Waals surface area contributed by atoms with Gasteiger partial charge in [-0.25, -0.2) is 0 Å². The van der Waals surface area contributed by atoms with Gasteiger partial charge in [-0.05, 0) is 49.4 Å². The van der Waals surface area contributed by atoms with E-state index < -0.39 is 0 Å². The molecule has 0 radical (unpaired) electrons. The lowest BCUT2D eigenvalue weighted by molar-refractivity contribution is 0.129. The molecule has 0 aromatic rings. The summed E-state index contributed by atoms with van der Waals surface area (Å²) in [7, 11) is 0. The molecule has 3 atom stereocenters. The molecule has 2 saturated carbocycles. The van der Waals surface area contributed by atoms with Gasteiger partial charge in [0.05, 0.1) is 0 Å². The number of hydrogen-bond donors (Lipinski definition) is 1. The summed E-state index contributed by atoms with van der Waals surface area (Å²) in [5.74, 6) is 1.84. The van der Waals surface area contributed by atoms with Crippen LogP contribution >= 0.6 is 0 Å². The maximum Gasteiger partial charge on any atom is 0.0121 e. The summed E-state index contributed by atoms with van der Waals surface area (Å²) in [6.45, 7) is 9.77. The van der Waals surface area contributed by atoms with Crippen LogP contribution in [0.1, 0.15) is 72.6 Å². The SMILES string of the molecule is CC1CC(C)CC(NC2CCCCC2(C)C)C1. The van der Waals surface area contributed by atoms with E-state index in [-0.39, 0.29) is 0 Å². The number of rotatable bonds is 2. The van der Waals surface area contributed by atoms with Gasteiger partial charge < -0.3 is 5.32 Å². The first-order valence-electron chi connectivity index (χ1n) is 7.73. The van der Waals surface area contributed by atoms with Gasteiger partial charge in [0.2, 0.25) is 0 Å². The van der Waals surface area contributed by atoms with E-state index in [9.17, 15) is 0 Å². The summed E-state index contributed by atoms with van der Waals surface area (Å²) in [6, 6.07) is 1.55. The molecular weight excluding hydrogens is 206 g/mol. The zero-order valence-corrected chi connectivity index (χ0v) is 12.3. The van der Waals surface area contributed by atoms with Crippen molar-refractivity contribution >= 4 is 0 Å². The molecule has 0 bridgehead atoms. The van der Waals surface area contributed by atoms with Gasteiger partial charge in [-0.3, -0.25) is 0 Å². The molecule has 0 saturated heterocycles. The Bertz CT molecular complexity index is 236. The van der Waals surface area contributed by atoms with E-state index in [4.69, 9.17) is 0 Å². The van der Waals surface area contributed by atoms with Gasteiger partial charge in [-0.1, -0.05) is 40.5 Å². The topological polar surface area (TPSA) is 12.0 Å². The summed E-state index contributed by atoms with van der Waals surface area (Å²) in [4.78, 5) is 0. The van der Waals surface area contributed by atoms with Gasteiger partial charge in [0.15, 0.2) is 0 Å². The van der Waals surface area contributed by atoms with Crippen molar-refractivity contribution in [3.63, 3.8) is 0 Å². The van der Waals surface area contributed by atoms with Gasteiger partial charge in [-0.2, -0.15) is 0 Å². The zero-order valence-electron chi connectivity index (χ0n) is 12.3. The van der Waals surface area contributed by atoms with E-state index in [1.165, 1.54) is 44.9 Å². The molecule has 2 fully saturated rings. The maximum absolute atomic E-state index is 4.01. The Hall–Kier alpha value is -0.0400. The minimum atomic E-state index is 0.516. The van der Waals surface area contributed by atoms with E-state index >= 15 is 0 Å². The molecule has 1 N–H and O–H groups in total. The van der Waals surface area contributed by atoms with Gasteiger partial charge in [0.1, 0.15) is 0 Å². The Balaban J connectivity index is 1.90. The van der Waals surface area contributed by atoms with Gasteiger partial charge >= 0.3 is 0 Å². The van der Waals surface area contributed by atoms with E-state index in [1.54, 1.807) is 0 Å². The molecule has 0 amide bonds. The van der Waals surface area contributed by atoms with Crippen molar-refractivity contribution in [2.24, 2.45) is 17.3 Å². The first-order chi connectivity index (χ1) is 7.97. The van der Waals surface area contributed by atoms with Crippen molar-refractivity contribution in [2.75, 3.05) is 0 Å². The lowest BCUT2D eigenvalue weighted by Gasteiger charge is -2.43. The van der Waals surface area contributed by atoms with Gasteiger partial charge in [-0.15, -0.1) is 0 Å². The summed E-state index contributed by atoms with van der Waals surface area (Å²) in [6.07, 6.45) is 9.90. The average molecular weight is 237 g/mol. The molecular formula is C16H31N. The molecule has 2 aliphatic carbocycles. The van der Waals surface area contributed by atoms with E-state index in [0.717, 1.165) is 23.9 Å². The predicted molar refractivity (Wildman–Crippen MR) is 75.1 cm³/mol. The Morgan fingerprint density at radius 2 is 1.59 bits per heavy atom. The molecule has 1 nitrogen and oxygen atoms in total. The molecule has 17 heavy (non-hydrogen) atoms. The molecule has 100 valence electrons. The predicted octanol–water partition coefficient (Wildman–Crippen LogP) is 4.37. The molecule has 0 spiro atoms. The lowest BCUT2D eigenvalue weighted by atomic mass is 9.72. The maximum atomic E-state index is 4.01. The van der Waals surface area contributed by atoms with Crippen LogP contribution in [0, 0.1) is 17.3 Å². The van der Waals surface area contributed by atoms with Crippen molar-refractivity contribution in [1.29, 1.82) is 0 Å². The van der Waals surface area contributed by atoms with E-state index in [1.807, 2.05) is 0 Å².